The number of carbonyl (C=O) groups is 1. The molecule has 0 bridgehead atoms. The Hall–Kier alpha value is -1.27. The lowest BCUT2D eigenvalue weighted by atomic mass is 10.1. The maximum Gasteiger partial charge on any atom is 0.303 e. The van der Waals surface area contributed by atoms with E-state index in [0.717, 1.165) is 34.6 Å². The highest BCUT2D eigenvalue weighted by Crippen LogP contribution is 2.35. The van der Waals surface area contributed by atoms with Gasteiger partial charge in [-0.1, -0.05) is 15.9 Å². The van der Waals surface area contributed by atoms with Crippen LogP contribution in [0, 0.1) is 0 Å². The number of carboxylic acid groups (broad SMARTS) is 1. The minimum atomic E-state index is -0.751. The maximum absolute atomic E-state index is 10.5. The molecule has 1 heterocycles. The number of aliphatic carboxylic acids is 1. The number of fused-ring (bicyclic) bond motifs is 1. The number of ether oxygens (including phenoxy) is 2. The Bertz CT molecular complexity index is 492. The molecule has 6 heteroatoms. The summed E-state index contributed by atoms with van der Waals surface area (Å²) in [6.07, 6.45) is 0.848. The summed E-state index contributed by atoms with van der Waals surface area (Å²) < 4.78 is 12.1. The van der Waals surface area contributed by atoms with E-state index in [1.54, 1.807) is 0 Å². The molecule has 0 radical (unpaired) electrons. The molecule has 20 heavy (non-hydrogen) atoms. The van der Waals surface area contributed by atoms with Crippen molar-refractivity contribution in [3.05, 3.63) is 22.2 Å². The fraction of sp³-hybridized carbons (Fsp3) is 0.500. The van der Waals surface area contributed by atoms with Crippen LogP contribution in [0.3, 0.4) is 0 Å². The first-order valence-corrected chi connectivity index (χ1v) is 7.34. The lowest BCUT2D eigenvalue weighted by molar-refractivity contribution is -0.137. The molecule has 0 amide bonds. The molecule has 0 fully saturated rings. The molecule has 0 saturated carbocycles. The average Bonchev–Trinajstić information content (AvgIpc) is 2.39. The first kappa shape index (κ1) is 15.1. The zero-order valence-electron chi connectivity index (χ0n) is 11.4. The van der Waals surface area contributed by atoms with Crippen molar-refractivity contribution in [3.8, 4) is 11.5 Å². The second-order valence-electron chi connectivity index (χ2n) is 4.82. The topological polar surface area (TPSA) is 59.0 Å². The van der Waals surface area contributed by atoms with Crippen LogP contribution in [0.25, 0.3) is 0 Å². The molecule has 1 N–H and O–H groups in total. The van der Waals surface area contributed by atoms with Crippen molar-refractivity contribution >= 4 is 21.9 Å². The van der Waals surface area contributed by atoms with Gasteiger partial charge < -0.3 is 19.5 Å². The van der Waals surface area contributed by atoms with Gasteiger partial charge in [0, 0.05) is 17.4 Å². The highest BCUT2D eigenvalue weighted by atomic mass is 79.9. The number of rotatable bonds is 6. The smallest absolute Gasteiger partial charge is 0.303 e. The van der Waals surface area contributed by atoms with Crippen molar-refractivity contribution in [2.24, 2.45) is 0 Å². The van der Waals surface area contributed by atoms with Crippen molar-refractivity contribution in [2.75, 3.05) is 26.8 Å². The van der Waals surface area contributed by atoms with E-state index in [1.807, 2.05) is 19.2 Å². The van der Waals surface area contributed by atoms with Gasteiger partial charge >= 0.3 is 5.97 Å². The summed E-state index contributed by atoms with van der Waals surface area (Å²) in [5.41, 5.74) is 1.10. The minimum Gasteiger partial charge on any atom is -0.486 e. The van der Waals surface area contributed by atoms with E-state index in [9.17, 15) is 4.79 Å². The summed E-state index contributed by atoms with van der Waals surface area (Å²) in [4.78, 5) is 12.6. The normalized spacial score (nSPS) is 13.6. The van der Waals surface area contributed by atoms with E-state index in [2.05, 4.69) is 20.8 Å². The lowest BCUT2D eigenvalue weighted by Crippen LogP contribution is -2.21. The summed E-state index contributed by atoms with van der Waals surface area (Å²) in [5.74, 6) is 0.785. The number of benzene rings is 1. The van der Waals surface area contributed by atoms with Gasteiger partial charge in [-0.2, -0.15) is 0 Å². The molecule has 1 aliphatic heterocycles. The molecule has 1 aromatic carbocycles. The summed E-state index contributed by atoms with van der Waals surface area (Å²) in [7, 11) is 1.98. The molecular formula is C14H18BrNO4. The van der Waals surface area contributed by atoms with E-state index < -0.39 is 5.97 Å². The van der Waals surface area contributed by atoms with Crippen molar-refractivity contribution < 1.29 is 19.4 Å². The Kier molecular flexibility index (Phi) is 5.25. The third kappa shape index (κ3) is 4.11. The molecule has 0 saturated heterocycles. The number of nitrogens with zero attached hydrogens (tertiary/aromatic N) is 1. The molecule has 5 nitrogen and oxygen atoms in total. The Labute approximate surface area is 126 Å². The quantitative estimate of drug-likeness (QED) is 0.859. The van der Waals surface area contributed by atoms with Crippen molar-refractivity contribution in [2.45, 2.75) is 19.4 Å². The predicted molar refractivity (Wildman–Crippen MR) is 78.3 cm³/mol. The summed E-state index contributed by atoms with van der Waals surface area (Å²) >= 11 is 3.54. The first-order chi connectivity index (χ1) is 9.56. The summed E-state index contributed by atoms with van der Waals surface area (Å²) in [6.45, 7) is 2.63. The van der Waals surface area contributed by atoms with Crippen LogP contribution in [-0.2, 0) is 11.3 Å². The van der Waals surface area contributed by atoms with Crippen LogP contribution in [0.15, 0.2) is 16.6 Å². The molecule has 110 valence electrons. The largest absolute Gasteiger partial charge is 0.486 e. The summed E-state index contributed by atoms with van der Waals surface area (Å²) in [5, 5.41) is 8.64. The fourth-order valence-corrected chi connectivity index (χ4v) is 2.55. The third-order valence-corrected chi connectivity index (χ3v) is 3.82. The Morgan fingerprint density at radius 3 is 2.65 bits per heavy atom. The van der Waals surface area contributed by atoms with Crippen LogP contribution in [-0.4, -0.2) is 42.8 Å². The van der Waals surface area contributed by atoms with Gasteiger partial charge in [-0.3, -0.25) is 4.79 Å². The molecular weight excluding hydrogens is 326 g/mol. The van der Waals surface area contributed by atoms with Crippen molar-refractivity contribution in [1.29, 1.82) is 0 Å². The highest BCUT2D eigenvalue weighted by Gasteiger charge is 2.15. The zero-order valence-corrected chi connectivity index (χ0v) is 13.0. The molecule has 0 unspecified atom stereocenters. The standard InChI is InChI=1S/C14H18BrNO4/c1-16(4-2-3-14(17)18)9-10-7-12-13(8-11(10)15)20-6-5-19-12/h7-8H,2-6,9H2,1H3,(H,17,18). The van der Waals surface area contributed by atoms with Gasteiger partial charge in [0.1, 0.15) is 13.2 Å². The van der Waals surface area contributed by atoms with Crippen LogP contribution < -0.4 is 9.47 Å². The average molecular weight is 344 g/mol. The van der Waals surface area contributed by atoms with Gasteiger partial charge in [0.05, 0.1) is 0 Å². The predicted octanol–water partition coefficient (Wildman–Crippen LogP) is 2.52. The van der Waals surface area contributed by atoms with Crippen LogP contribution in [0.1, 0.15) is 18.4 Å². The van der Waals surface area contributed by atoms with Crippen molar-refractivity contribution in [3.63, 3.8) is 0 Å². The molecule has 2 rings (SSSR count). The van der Waals surface area contributed by atoms with E-state index in [0.29, 0.717) is 19.6 Å². The van der Waals surface area contributed by atoms with Gasteiger partial charge in [-0.15, -0.1) is 0 Å². The number of hydrogen-bond donors (Lipinski definition) is 1. The highest BCUT2D eigenvalue weighted by molar-refractivity contribution is 9.10. The molecule has 0 aliphatic carbocycles. The van der Waals surface area contributed by atoms with E-state index in [4.69, 9.17) is 14.6 Å². The molecule has 1 aliphatic rings. The monoisotopic (exact) mass is 343 g/mol. The summed E-state index contributed by atoms with van der Waals surface area (Å²) in [6, 6.07) is 3.90. The van der Waals surface area contributed by atoms with Crippen LogP contribution in [0.2, 0.25) is 0 Å². The first-order valence-electron chi connectivity index (χ1n) is 6.54. The zero-order chi connectivity index (χ0) is 14.5. The van der Waals surface area contributed by atoms with Crippen LogP contribution in [0.4, 0.5) is 0 Å². The van der Waals surface area contributed by atoms with Gasteiger partial charge in [0.15, 0.2) is 11.5 Å². The Morgan fingerprint density at radius 1 is 1.35 bits per heavy atom. The van der Waals surface area contributed by atoms with E-state index >= 15 is 0 Å². The molecule has 0 spiro atoms. The van der Waals surface area contributed by atoms with Crippen LogP contribution in [0.5, 0.6) is 11.5 Å². The molecule has 1 aromatic rings. The Morgan fingerprint density at radius 2 is 2.00 bits per heavy atom. The number of hydrogen-bond acceptors (Lipinski definition) is 4. The number of halogens is 1. The van der Waals surface area contributed by atoms with E-state index in [1.165, 1.54) is 0 Å². The fourth-order valence-electron chi connectivity index (χ4n) is 2.10. The van der Waals surface area contributed by atoms with Crippen LogP contribution >= 0.6 is 15.9 Å². The maximum atomic E-state index is 10.5. The second-order valence-corrected chi connectivity index (χ2v) is 5.68. The molecule has 0 atom stereocenters. The third-order valence-electron chi connectivity index (χ3n) is 3.08. The van der Waals surface area contributed by atoms with E-state index in [-0.39, 0.29) is 6.42 Å². The van der Waals surface area contributed by atoms with Gasteiger partial charge in [-0.25, -0.2) is 0 Å². The lowest BCUT2D eigenvalue weighted by Gasteiger charge is -2.22. The van der Waals surface area contributed by atoms with Crippen molar-refractivity contribution in [1.82, 2.24) is 4.90 Å². The Balaban J connectivity index is 1.96. The SMILES string of the molecule is CN(CCCC(=O)O)Cc1cc2c(cc1Br)OCCO2. The minimum absolute atomic E-state index is 0.201. The van der Waals surface area contributed by atoms with Gasteiger partial charge in [0.25, 0.3) is 0 Å². The number of carboxylic acids is 1. The van der Waals surface area contributed by atoms with Gasteiger partial charge in [-0.05, 0) is 37.7 Å². The van der Waals surface area contributed by atoms with Gasteiger partial charge in [0.2, 0.25) is 0 Å². The molecule has 0 aromatic heterocycles. The second kappa shape index (κ2) is 6.95.